The molecule has 1 aliphatic rings. The van der Waals surface area contributed by atoms with Crippen molar-refractivity contribution in [1.29, 1.82) is 0 Å². The molecule has 1 saturated heterocycles. The Bertz CT molecular complexity index is 208. The van der Waals surface area contributed by atoms with Crippen LogP contribution in [0.25, 0.3) is 0 Å². The van der Waals surface area contributed by atoms with Gasteiger partial charge >= 0.3 is 18.1 Å². The summed E-state index contributed by atoms with van der Waals surface area (Å²) >= 11 is 0. The van der Waals surface area contributed by atoms with Gasteiger partial charge in [0.1, 0.15) is 13.2 Å². The molecule has 1 fully saturated rings. The number of carbonyl (C=O) groups is 3. The lowest BCUT2D eigenvalue weighted by molar-refractivity contribution is -0.153. The second-order valence-electron chi connectivity index (χ2n) is 2.93. The molecule has 0 saturated carbocycles. The highest BCUT2D eigenvalue weighted by molar-refractivity contribution is 5.71. The van der Waals surface area contributed by atoms with Crippen molar-refractivity contribution in [2.75, 3.05) is 13.2 Å². The Kier molecular flexibility index (Phi) is 7.56. The standard InChI is InChI=1S/C8H12O4.CH2O3/c9-7-3-1-2-4-8(10)12-6-5-11-7;2-1(3)4/h1-6H2;(H2,2,3,4). The smallest absolute Gasteiger partial charge is 0.462 e. The van der Waals surface area contributed by atoms with Crippen LogP contribution in [0, 0.1) is 0 Å². The van der Waals surface area contributed by atoms with Gasteiger partial charge in [0, 0.05) is 12.8 Å². The number of ether oxygens (including phenoxy) is 2. The molecule has 0 unspecified atom stereocenters. The van der Waals surface area contributed by atoms with Crippen LogP contribution < -0.4 is 0 Å². The van der Waals surface area contributed by atoms with Crippen molar-refractivity contribution < 1.29 is 34.1 Å². The minimum absolute atomic E-state index is 0.185. The van der Waals surface area contributed by atoms with Gasteiger partial charge in [0.2, 0.25) is 0 Å². The van der Waals surface area contributed by atoms with Gasteiger partial charge in [0.15, 0.2) is 0 Å². The topological polar surface area (TPSA) is 110 Å². The number of esters is 2. The molecule has 2 N–H and O–H groups in total. The normalized spacial score (nSPS) is 17.2. The van der Waals surface area contributed by atoms with Crippen LogP contribution in [0.2, 0.25) is 0 Å². The van der Waals surface area contributed by atoms with Gasteiger partial charge < -0.3 is 19.7 Å². The predicted molar refractivity (Wildman–Crippen MR) is 51.0 cm³/mol. The summed E-state index contributed by atoms with van der Waals surface area (Å²) in [5, 5.41) is 13.9. The first-order valence-electron chi connectivity index (χ1n) is 4.75. The Morgan fingerprint density at radius 2 is 1.25 bits per heavy atom. The molecule has 0 aromatic rings. The summed E-state index contributed by atoms with van der Waals surface area (Å²) in [4.78, 5) is 30.2. The average molecular weight is 234 g/mol. The van der Waals surface area contributed by atoms with E-state index in [1.165, 1.54) is 0 Å². The zero-order valence-electron chi connectivity index (χ0n) is 8.68. The summed E-state index contributed by atoms with van der Waals surface area (Å²) in [7, 11) is 0. The molecule has 92 valence electrons. The summed E-state index contributed by atoms with van der Waals surface area (Å²) in [5.41, 5.74) is 0. The quantitative estimate of drug-likeness (QED) is 0.598. The summed E-state index contributed by atoms with van der Waals surface area (Å²) in [6.45, 7) is 0.370. The molecule has 0 aromatic carbocycles. The molecular weight excluding hydrogens is 220 g/mol. The highest BCUT2D eigenvalue weighted by Crippen LogP contribution is 2.04. The lowest BCUT2D eigenvalue weighted by Crippen LogP contribution is -2.15. The largest absolute Gasteiger partial charge is 0.503 e. The van der Waals surface area contributed by atoms with Crippen molar-refractivity contribution in [3.05, 3.63) is 0 Å². The van der Waals surface area contributed by atoms with E-state index in [0.717, 1.165) is 0 Å². The van der Waals surface area contributed by atoms with Gasteiger partial charge in [0.25, 0.3) is 0 Å². The van der Waals surface area contributed by atoms with Gasteiger partial charge in [-0.05, 0) is 12.8 Å². The van der Waals surface area contributed by atoms with E-state index in [2.05, 4.69) is 0 Å². The van der Waals surface area contributed by atoms with Crippen molar-refractivity contribution in [1.82, 2.24) is 0 Å². The van der Waals surface area contributed by atoms with Crippen LogP contribution in [0.4, 0.5) is 4.79 Å². The minimum Gasteiger partial charge on any atom is -0.462 e. The number of hydrogen-bond acceptors (Lipinski definition) is 5. The molecule has 0 amide bonds. The van der Waals surface area contributed by atoms with Crippen molar-refractivity contribution in [2.45, 2.75) is 25.7 Å². The number of hydrogen-bond donors (Lipinski definition) is 2. The summed E-state index contributed by atoms with van der Waals surface area (Å²) < 4.78 is 9.50. The van der Waals surface area contributed by atoms with Crippen molar-refractivity contribution in [2.24, 2.45) is 0 Å². The predicted octanol–water partition coefficient (Wildman–Crippen LogP) is 0.869. The van der Waals surface area contributed by atoms with Gasteiger partial charge in [-0.25, -0.2) is 4.79 Å². The Morgan fingerprint density at radius 1 is 0.938 bits per heavy atom. The van der Waals surface area contributed by atoms with E-state index in [1.54, 1.807) is 0 Å². The summed E-state index contributed by atoms with van der Waals surface area (Å²) in [6, 6.07) is 0. The zero-order valence-corrected chi connectivity index (χ0v) is 8.68. The van der Waals surface area contributed by atoms with Crippen molar-refractivity contribution >= 4 is 18.1 Å². The lowest BCUT2D eigenvalue weighted by atomic mass is 10.2. The fourth-order valence-electron chi connectivity index (χ4n) is 0.994. The van der Waals surface area contributed by atoms with E-state index < -0.39 is 6.16 Å². The molecule has 1 rings (SSSR count). The Morgan fingerprint density at radius 3 is 1.56 bits per heavy atom. The molecule has 0 aliphatic carbocycles. The first-order valence-corrected chi connectivity index (χ1v) is 4.75. The fraction of sp³-hybridized carbons (Fsp3) is 0.667. The Balaban J connectivity index is 0.000000487. The molecule has 0 atom stereocenters. The molecule has 7 nitrogen and oxygen atoms in total. The van der Waals surface area contributed by atoms with E-state index in [0.29, 0.717) is 25.7 Å². The van der Waals surface area contributed by atoms with Gasteiger partial charge in [0.05, 0.1) is 0 Å². The first kappa shape index (κ1) is 14.2. The maximum absolute atomic E-state index is 10.8. The first-order chi connectivity index (χ1) is 7.52. The number of rotatable bonds is 0. The van der Waals surface area contributed by atoms with Gasteiger partial charge in [-0.15, -0.1) is 0 Å². The average Bonchev–Trinajstić information content (AvgIpc) is 2.18. The second kappa shape index (κ2) is 8.51. The van der Waals surface area contributed by atoms with Crippen LogP contribution in [0.15, 0.2) is 0 Å². The molecule has 1 aliphatic heterocycles. The van der Waals surface area contributed by atoms with Crippen molar-refractivity contribution in [3.63, 3.8) is 0 Å². The van der Waals surface area contributed by atoms with Crippen LogP contribution in [0.1, 0.15) is 25.7 Å². The van der Waals surface area contributed by atoms with Crippen molar-refractivity contribution in [3.8, 4) is 0 Å². The molecule has 7 heteroatoms. The number of cyclic esters (lactones) is 2. The second-order valence-corrected chi connectivity index (χ2v) is 2.93. The zero-order chi connectivity index (χ0) is 12.4. The molecule has 0 spiro atoms. The SMILES string of the molecule is O=C(O)O.O=C1CCCCC(=O)OCCO1. The molecule has 0 aromatic heterocycles. The van der Waals surface area contributed by atoms with E-state index >= 15 is 0 Å². The highest BCUT2D eigenvalue weighted by Gasteiger charge is 2.08. The molecule has 0 bridgehead atoms. The van der Waals surface area contributed by atoms with Gasteiger partial charge in [-0.3, -0.25) is 9.59 Å². The molecular formula is C9H14O7. The third kappa shape index (κ3) is 10.3. The van der Waals surface area contributed by atoms with Gasteiger partial charge in [-0.2, -0.15) is 0 Å². The fourth-order valence-corrected chi connectivity index (χ4v) is 0.994. The highest BCUT2D eigenvalue weighted by atomic mass is 16.6. The third-order valence-electron chi connectivity index (χ3n) is 1.62. The monoisotopic (exact) mass is 234 g/mol. The minimum atomic E-state index is -1.83. The van der Waals surface area contributed by atoms with E-state index in [4.69, 9.17) is 24.5 Å². The van der Waals surface area contributed by atoms with Crippen LogP contribution in [-0.2, 0) is 19.1 Å². The lowest BCUT2D eigenvalue weighted by Gasteiger charge is -2.08. The van der Waals surface area contributed by atoms with Gasteiger partial charge in [-0.1, -0.05) is 0 Å². The van der Waals surface area contributed by atoms with E-state index in [-0.39, 0.29) is 25.2 Å². The maximum Gasteiger partial charge on any atom is 0.503 e. The van der Waals surface area contributed by atoms with Crippen LogP contribution in [0.3, 0.4) is 0 Å². The van der Waals surface area contributed by atoms with Crippen LogP contribution in [0.5, 0.6) is 0 Å². The van der Waals surface area contributed by atoms with E-state index in [9.17, 15) is 9.59 Å². The Labute approximate surface area is 92.0 Å². The Hall–Kier alpha value is -1.79. The van der Waals surface area contributed by atoms with Crippen LogP contribution >= 0.6 is 0 Å². The van der Waals surface area contributed by atoms with E-state index in [1.807, 2.05) is 0 Å². The molecule has 1 heterocycles. The summed E-state index contributed by atoms with van der Waals surface area (Å²) in [6.07, 6.45) is 0.391. The number of carbonyl (C=O) groups excluding carboxylic acids is 2. The summed E-state index contributed by atoms with van der Waals surface area (Å²) in [5.74, 6) is -0.402. The number of carboxylic acid groups (broad SMARTS) is 2. The molecule has 16 heavy (non-hydrogen) atoms. The maximum atomic E-state index is 10.8. The third-order valence-corrected chi connectivity index (χ3v) is 1.62. The molecule has 0 radical (unpaired) electrons. The van der Waals surface area contributed by atoms with Crippen LogP contribution in [-0.4, -0.2) is 41.5 Å².